The van der Waals surface area contributed by atoms with Crippen molar-refractivity contribution < 1.29 is 19.1 Å². The average Bonchev–Trinajstić information content (AvgIpc) is 2.34. The van der Waals surface area contributed by atoms with Gasteiger partial charge in [-0.1, -0.05) is 6.07 Å². The molecule has 104 valence electrons. The van der Waals surface area contributed by atoms with Crippen molar-refractivity contribution in [2.45, 2.75) is 19.4 Å². The van der Waals surface area contributed by atoms with Gasteiger partial charge in [0.2, 0.25) is 5.91 Å². The number of hydrogen-bond donors (Lipinski definition) is 2. The summed E-state index contributed by atoms with van der Waals surface area (Å²) in [7, 11) is 1.63. The summed E-state index contributed by atoms with van der Waals surface area (Å²) in [5.74, 6) is -1.64. The summed E-state index contributed by atoms with van der Waals surface area (Å²) in [6, 6.07) is 4.95. The van der Waals surface area contributed by atoms with Crippen LogP contribution >= 0.6 is 0 Å². The fourth-order valence-corrected chi connectivity index (χ4v) is 1.45. The summed E-state index contributed by atoms with van der Waals surface area (Å²) < 4.78 is 12.9. The van der Waals surface area contributed by atoms with E-state index >= 15 is 0 Å². The molecule has 2 N–H and O–H groups in total. The molecular weight excluding hydrogens is 251 g/mol. The molecule has 1 atom stereocenters. The highest BCUT2D eigenvalue weighted by Gasteiger charge is 2.17. The molecular formula is C13H17FN2O3. The number of halogens is 1. The number of carboxylic acid groups (broad SMARTS) is 1. The molecule has 1 amide bonds. The molecule has 0 saturated heterocycles. The number of nitrogens with zero attached hydrogens (tertiary/aromatic N) is 1. The largest absolute Gasteiger partial charge is 0.480 e. The van der Waals surface area contributed by atoms with Gasteiger partial charge in [0.1, 0.15) is 11.9 Å². The van der Waals surface area contributed by atoms with Crippen LogP contribution in [0.1, 0.15) is 13.3 Å². The molecule has 0 fully saturated rings. The molecule has 1 unspecified atom stereocenters. The minimum Gasteiger partial charge on any atom is -0.480 e. The number of aliphatic carboxylic acids is 1. The molecule has 19 heavy (non-hydrogen) atoms. The zero-order valence-electron chi connectivity index (χ0n) is 10.9. The molecule has 1 rings (SSSR count). The van der Waals surface area contributed by atoms with Gasteiger partial charge in [-0.2, -0.15) is 0 Å². The molecule has 0 heterocycles. The van der Waals surface area contributed by atoms with E-state index in [0.717, 1.165) is 0 Å². The molecule has 0 bridgehead atoms. The van der Waals surface area contributed by atoms with Crippen LogP contribution in [0.15, 0.2) is 24.3 Å². The van der Waals surface area contributed by atoms with Crippen molar-refractivity contribution in [3.8, 4) is 0 Å². The Kier molecular flexibility index (Phi) is 5.44. The maximum absolute atomic E-state index is 12.9. The first-order valence-corrected chi connectivity index (χ1v) is 5.88. The number of anilines is 1. The van der Waals surface area contributed by atoms with Gasteiger partial charge in [0.25, 0.3) is 0 Å². The second-order valence-corrected chi connectivity index (χ2v) is 4.30. The fourth-order valence-electron chi connectivity index (χ4n) is 1.45. The van der Waals surface area contributed by atoms with Crippen LogP contribution < -0.4 is 5.32 Å². The number of likely N-dealkylation sites (N-methyl/N-ethyl adjacent to an activating group) is 1. The molecule has 0 radical (unpaired) electrons. The van der Waals surface area contributed by atoms with Gasteiger partial charge in [0.05, 0.1) is 0 Å². The van der Waals surface area contributed by atoms with Crippen molar-refractivity contribution in [3.63, 3.8) is 0 Å². The van der Waals surface area contributed by atoms with Crippen LogP contribution in [0.5, 0.6) is 0 Å². The SMILES string of the molecule is CC(C(=O)O)N(C)CCC(=O)Nc1cccc(F)c1. The summed E-state index contributed by atoms with van der Waals surface area (Å²) in [6.07, 6.45) is 0.143. The number of amides is 1. The minimum absolute atomic E-state index is 0.143. The number of carbonyl (C=O) groups is 2. The summed E-state index contributed by atoms with van der Waals surface area (Å²) in [4.78, 5) is 23.9. The highest BCUT2D eigenvalue weighted by atomic mass is 19.1. The van der Waals surface area contributed by atoms with Crippen molar-refractivity contribution in [1.29, 1.82) is 0 Å². The van der Waals surface area contributed by atoms with E-state index in [0.29, 0.717) is 12.2 Å². The second kappa shape index (κ2) is 6.84. The van der Waals surface area contributed by atoms with Crippen molar-refractivity contribution in [1.82, 2.24) is 4.90 Å². The lowest BCUT2D eigenvalue weighted by molar-refractivity contribution is -0.142. The lowest BCUT2D eigenvalue weighted by Gasteiger charge is -2.20. The van der Waals surface area contributed by atoms with Gasteiger partial charge in [0, 0.05) is 18.7 Å². The number of hydrogen-bond acceptors (Lipinski definition) is 3. The van der Waals surface area contributed by atoms with E-state index in [9.17, 15) is 14.0 Å². The predicted molar refractivity (Wildman–Crippen MR) is 69.4 cm³/mol. The van der Waals surface area contributed by atoms with E-state index in [1.165, 1.54) is 18.2 Å². The Labute approximate surface area is 111 Å². The normalized spacial score (nSPS) is 12.2. The minimum atomic E-state index is -0.937. The van der Waals surface area contributed by atoms with E-state index in [-0.39, 0.29) is 12.3 Å². The first-order chi connectivity index (χ1) is 8.90. The van der Waals surface area contributed by atoms with Crippen LogP contribution in [-0.2, 0) is 9.59 Å². The Morgan fingerprint density at radius 2 is 2.16 bits per heavy atom. The highest BCUT2D eigenvalue weighted by molar-refractivity contribution is 5.90. The Balaban J connectivity index is 2.42. The third-order valence-electron chi connectivity index (χ3n) is 2.82. The lowest BCUT2D eigenvalue weighted by atomic mass is 10.2. The Morgan fingerprint density at radius 3 is 2.74 bits per heavy atom. The number of carbonyl (C=O) groups excluding carboxylic acids is 1. The van der Waals surface area contributed by atoms with Gasteiger partial charge in [-0.3, -0.25) is 14.5 Å². The van der Waals surface area contributed by atoms with Crippen LogP contribution in [0, 0.1) is 5.82 Å². The molecule has 6 heteroatoms. The van der Waals surface area contributed by atoms with Crippen molar-refractivity contribution in [2.75, 3.05) is 18.9 Å². The van der Waals surface area contributed by atoms with Crippen LogP contribution in [0.25, 0.3) is 0 Å². The number of benzene rings is 1. The predicted octanol–water partition coefficient (Wildman–Crippen LogP) is 1.56. The maximum atomic E-state index is 12.9. The van der Waals surface area contributed by atoms with Gasteiger partial charge in [-0.05, 0) is 32.2 Å². The topological polar surface area (TPSA) is 69.6 Å². The monoisotopic (exact) mass is 268 g/mol. The van der Waals surface area contributed by atoms with Crippen LogP contribution in [0.2, 0.25) is 0 Å². The maximum Gasteiger partial charge on any atom is 0.320 e. The molecule has 0 spiro atoms. The molecule has 1 aromatic rings. The Morgan fingerprint density at radius 1 is 1.47 bits per heavy atom. The van der Waals surface area contributed by atoms with Gasteiger partial charge >= 0.3 is 5.97 Å². The number of rotatable bonds is 6. The molecule has 5 nitrogen and oxygen atoms in total. The average molecular weight is 268 g/mol. The molecule has 0 aromatic heterocycles. The first kappa shape index (κ1) is 15.1. The Hall–Kier alpha value is -1.95. The molecule has 1 aromatic carbocycles. The number of nitrogens with one attached hydrogen (secondary N) is 1. The van der Waals surface area contributed by atoms with Crippen LogP contribution in [-0.4, -0.2) is 41.5 Å². The smallest absolute Gasteiger partial charge is 0.320 e. The van der Waals surface area contributed by atoms with Crippen molar-refractivity contribution in [3.05, 3.63) is 30.1 Å². The number of carboxylic acids is 1. The molecule has 0 saturated carbocycles. The van der Waals surface area contributed by atoms with Gasteiger partial charge in [-0.15, -0.1) is 0 Å². The van der Waals surface area contributed by atoms with Crippen LogP contribution in [0.4, 0.5) is 10.1 Å². The zero-order valence-corrected chi connectivity index (χ0v) is 10.9. The third-order valence-corrected chi connectivity index (χ3v) is 2.82. The fraction of sp³-hybridized carbons (Fsp3) is 0.385. The van der Waals surface area contributed by atoms with E-state index in [2.05, 4.69) is 5.32 Å². The summed E-state index contributed by atoms with van der Waals surface area (Å²) in [5.41, 5.74) is 0.388. The summed E-state index contributed by atoms with van der Waals surface area (Å²) in [6.45, 7) is 1.86. The van der Waals surface area contributed by atoms with Gasteiger partial charge in [0.15, 0.2) is 0 Å². The second-order valence-electron chi connectivity index (χ2n) is 4.30. The Bertz CT molecular complexity index is 465. The summed E-state index contributed by atoms with van der Waals surface area (Å²) >= 11 is 0. The third kappa shape index (κ3) is 5.05. The van der Waals surface area contributed by atoms with Crippen molar-refractivity contribution >= 4 is 17.6 Å². The van der Waals surface area contributed by atoms with Gasteiger partial charge < -0.3 is 10.4 Å². The molecule has 0 aliphatic carbocycles. The van der Waals surface area contributed by atoms with E-state index in [4.69, 9.17) is 5.11 Å². The standard InChI is InChI=1S/C13H17FN2O3/c1-9(13(18)19)16(2)7-6-12(17)15-11-5-3-4-10(14)8-11/h3-5,8-9H,6-7H2,1-2H3,(H,15,17)(H,18,19). The highest BCUT2D eigenvalue weighted by Crippen LogP contribution is 2.09. The van der Waals surface area contributed by atoms with Gasteiger partial charge in [-0.25, -0.2) is 4.39 Å². The van der Waals surface area contributed by atoms with E-state index in [1.54, 1.807) is 24.9 Å². The van der Waals surface area contributed by atoms with Crippen LogP contribution in [0.3, 0.4) is 0 Å². The zero-order chi connectivity index (χ0) is 14.4. The quantitative estimate of drug-likeness (QED) is 0.821. The molecule has 0 aliphatic heterocycles. The first-order valence-electron chi connectivity index (χ1n) is 5.88. The van der Waals surface area contributed by atoms with E-state index < -0.39 is 17.8 Å². The summed E-state index contributed by atoms with van der Waals surface area (Å²) in [5, 5.41) is 11.4. The van der Waals surface area contributed by atoms with Crippen molar-refractivity contribution in [2.24, 2.45) is 0 Å². The lowest BCUT2D eigenvalue weighted by Crippen LogP contribution is -2.37. The van der Waals surface area contributed by atoms with E-state index in [1.807, 2.05) is 0 Å². The molecule has 0 aliphatic rings.